The minimum atomic E-state index is -0.256. The first-order valence-corrected chi connectivity index (χ1v) is 6.80. The molecule has 0 aliphatic heterocycles. The molecule has 0 spiro atoms. The Morgan fingerprint density at radius 2 is 2.17 bits per heavy atom. The van der Waals surface area contributed by atoms with Crippen molar-refractivity contribution >= 4 is 0 Å². The van der Waals surface area contributed by atoms with E-state index in [0.29, 0.717) is 24.9 Å². The molecule has 2 rings (SSSR count). The molecule has 3 heteroatoms. The van der Waals surface area contributed by atoms with E-state index in [1.807, 2.05) is 6.07 Å². The topological polar surface area (TPSA) is 21.3 Å². The lowest BCUT2D eigenvalue weighted by Gasteiger charge is -2.10. The van der Waals surface area contributed by atoms with Crippen molar-refractivity contribution in [2.45, 2.75) is 45.7 Å². The van der Waals surface area contributed by atoms with Crippen molar-refractivity contribution in [1.82, 2.24) is 5.32 Å². The molecule has 18 heavy (non-hydrogen) atoms. The molecule has 0 atom stereocenters. The Morgan fingerprint density at radius 1 is 1.39 bits per heavy atom. The average Bonchev–Trinajstić information content (AvgIpc) is 3.13. The van der Waals surface area contributed by atoms with E-state index in [9.17, 15) is 4.39 Å². The number of benzene rings is 1. The highest BCUT2D eigenvalue weighted by Crippen LogP contribution is 2.32. The van der Waals surface area contributed by atoms with Crippen LogP contribution in [-0.2, 0) is 6.54 Å². The van der Waals surface area contributed by atoms with Crippen LogP contribution in [0.4, 0.5) is 4.39 Å². The molecule has 1 aromatic carbocycles. The fourth-order valence-corrected chi connectivity index (χ4v) is 1.84. The lowest BCUT2D eigenvalue weighted by Crippen LogP contribution is -2.21. The number of halogens is 1. The summed E-state index contributed by atoms with van der Waals surface area (Å²) in [6, 6.07) is 5.62. The zero-order valence-electron chi connectivity index (χ0n) is 11.2. The Morgan fingerprint density at radius 3 is 2.78 bits per heavy atom. The summed E-state index contributed by atoms with van der Waals surface area (Å²) in [6.45, 7) is 5.47. The highest BCUT2D eigenvalue weighted by atomic mass is 19.1. The Hall–Kier alpha value is -1.09. The summed E-state index contributed by atoms with van der Waals surface area (Å²) in [7, 11) is 0. The van der Waals surface area contributed by atoms with Crippen LogP contribution < -0.4 is 10.1 Å². The fourth-order valence-electron chi connectivity index (χ4n) is 1.84. The number of nitrogens with one attached hydrogen (secondary N) is 1. The number of ether oxygens (including phenoxy) is 1. The van der Waals surface area contributed by atoms with E-state index in [4.69, 9.17) is 4.74 Å². The van der Waals surface area contributed by atoms with E-state index in [-0.39, 0.29) is 5.82 Å². The molecule has 1 N–H and O–H groups in total. The van der Waals surface area contributed by atoms with Crippen molar-refractivity contribution in [1.29, 1.82) is 0 Å². The first-order chi connectivity index (χ1) is 8.65. The quantitative estimate of drug-likeness (QED) is 0.800. The van der Waals surface area contributed by atoms with Gasteiger partial charge in [-0.25, -0.2) is 4.39 Å². The second-order valence-corrected chi connectivity index (χ2v) is 5.38. The predicted molar refractivity (Wildman–Crippen MR) is 71.2 cm³/mol. The third-order valence-corrected chi connectivity index (χ3v) is 3.19. The van der Waals surface area contributed by atoms with Gasteiger partial charge in [-0.15, -0.1) is 0 Å². The van der Waals surface area contributed by atoms with Crippen LogP contribution in [0.3, 0.4) is 0 Å². The zero-order valence-corrected chi connectivity index (χ0v) is 11.2. The van der Waals surface area contributed by atoms with Crippen LogP contribution >= 0.6 is 0 Å². The van der Waals surface area contributed by atoms with Crippen LogP contribution in [0.25, 0.3) is 0 Å². The molecule has 2 nitrogen and oxygen atoms in total. The first-order valence-electron chi connectivity index (χ1n) is 6.80. The first kappa shape index (κ1) is 13.3. The maximum atomic E-state index is 13.8. The zero-order chi connectivity index (χ0) is 13.0. The van der Waals surface area contributed by atoms with Gasteiger partial charge in [0.25, 0.3) is 0 Å². The number of rotatable bonds is 7. The summed E-state index contributed by atoms with van der Waals surface area (Å²) in [5.41, 5.74) is 0.954. The van der Waals surface area contributed by atoms with Gasteiger partial charge in [-0.1, -0.05) is 32.8 Å². The molecule has 0 heterocycles. The molecule has 0 saturated heterocycles. The molecular formula is C15H22FNO. The standard InChI is InChI=1S/C15H22FNO/c1-11(2)17-10-13-5-6-15(14(16)9-13)18-8-7-12-3-4-12/h5-6,9,11-12,17H,3-4,7-8,10H2,1-2H3. The summed E-state index contributed by atoms with van der Waals surface area (Å²) in [5, 5.41) is 3.27. The maximum Gasteiger partial charge on any atom is 0.165 e. The Labute approximate surface area is 109 Å². The highest BCUT2D eigenvalue weighted by molar-refractivity contribution is 5.29. The van der Waals surface area contributed by atoms with Gasteiger partial charge in [0, 0.05) is 12.6 Å². The molecule has 1 aliphatic carbocycles. The largest absolute Gasteiger partial charge is 0.491 e. The molecule has 0 unspecified atom stereocenters. The number of hydrogen-bond donors (Lipinski definition) is 1. The molecule has 0 bridgehead atoms. The van der Waals surface area contributed by atoms with E-state index in [1.165, 1.54) is 12.8 Å². The monoisotopic (exact) mass is 251 g/mol. The molecule has 1 saturated carbocycles. The van der Waals surface area contributed by atoms with Gasteiger partial charge in [-0.2, -0.15) is 0 Å². The highest BCUT2D eigenvalue weighted by Gasteiger charge is 2.20. The molecule has 1 aliphatic rings. The Balaban J connectivity index is 1.83. The van der Waals surface area contributed by atoms with Gasteiger partial charge in [0.15, 0.2) is 11.6 Å². The minimum Gasteiger partial charge on any atom is -0.491 e. The van der Waals surface area contributed by atoms with Crippen molar-refractivity contribution < 1.29 is 9.13 Å². The lowest BCUT2D eigenvalue weighted by molar-refractivity contribution is 0.288. The molecule has 0 amide bonds. The van der Waals surface area contributed by atoms with Crippen molar-refractivity contribution in [2.24, 2.45) is 5.92 Å². The molecule has 1 aromatic rings. The Kier molecular flexibility index (Phi) is 4.59. The van der Waals surface area contributed by atoms with E-state index < -0.39 is 0 Å². The van der Waals surface area contributed by atoms with Crippen LogP contribution in [0.1, 0.15) is 38.7 Å². The summed E-state index contributed by atoms with van der Waals surface area (Å²) in [5.74, 6) is 0.945. The molecule has 0 aromatic heterocycles. The van der Waals surface area contributed by atoms with E-state index in [2.05, 4.69) is 19.2 Å². The molecule has 100 valence electrons. The average molecular weight is 251 g/mol. The predicted octanol–water partition coefficient (Wildman–Crippen LogP) is 3.50. The van der Waals surface area contributed by atoms with Crippen LogP contribution in [0.2, 0.25) is 0 Å². The van der Waals surface area contributed by atoms with Crippen molar-refractivity contribution in [3.05, 3.63) is 29.6 Å². The van der Waals surface area contributed by atoms with Crippen molar-refractivity contribution in [3.8, 4) is 5.75 Å². The summed E-state index contributed by atoms with van der Waals surface area (Å²) in [4.78, 5) is 0. The van der Waals surface area contributed by atoms with Crippen LogP contribution in [0.15, 0.2) is 18.2 Å². The van der Waals surface area contributed by atoms with Crippen LogP contribution in [-0.4, -0.2) is 12.6 Å². The summed E-state index contributed by atoms with van der Waals surface area (Å²) >= 11 is 0. The number of hydrogen-bond acceptors (Lipinski definition) is 2. The van der Waals surface area contributed by atoms with Crippen molar-refractivity contribution in [3.63, 3.8) is 0 Å². The molecule has 0 radical (unpaired) electrons. The normalized spacial score (nSPS) is 15.1. The fraction of sp³-hybridized carbons (Fsp3) is 0.600. The van der Waals surface area contributed by atoms with Gasteiger partial charge in [-0.05, 0) is 30.0 Å². The lowest BCUT2D eigenvalue weighted by atomic mass is 10.2. The molecular weight excluding hydrogens is 229 g/mol. The SMILES string of the molecule is CC(C)NCc1ccc(OCCC2CC2)c(F)c1. The second kappa shape index (κ2) is 6.19. The molecule has 1 fully saturated rings. The van der Waals surface area contributed by atoms with Gasteiger partial charge in [0.1, 0.15) is 0 Å². The van der Waals surface area contributed by atoms with Gasteiger partial charge in [-0.3, -0.25) is 0 Å². The van der Waals surface area contributed by atoms with Gasteiger partial charge >= 0.3 is 0 Å². The van der Waals surface area contributed by atoms with E-state index in [0.717, 1.165) is 17.9 Å². The smallest absolute Gasteiger partial charge is 0.165 e. The van der Waals surface area contributed by atoms with E-state index >= 15 is 0 Å². The van der Waals surface area contributed by atoms with Crippen LogP contribution in [0, 0.1) is 11.7 Å². The summed E-state index contributed by atoms with van der Waals surface area (Å²) < 4.78 is 19.2. The Bertz CT molecular complexity index is 388. The van der Waals surface area contributed by atoms with Crippen LogP contribution in [0.5, 0.6) is 5.75 Å². The minimum absolute atomic E-state index is 0.256. The van der Waals surface area contributed by atoms with Gasteiger partial charge in [0.05, 0.1) is 6.61 Å². The third-order valence-electron chi connectivity index (χ3n) is 3.19. The third kappa shape index (κ3) is 4.30. The van der Waals surface area contributed by atoms with Gasteiger partial charge in [0.2, 0.25) is 0 Å². The summed E-state index contributed by atoms with van der Waals surface area (Å²) in [6.07, 6.45) is 3.67. The van der Waals surface area contributed by atoms with Crippen molar-refractivity contribution in [2.75, 3.05) is 6.61 Å². The maximum absolute atomic E-state index is 13.8. The second-order valence-electron chi connectivity index (χ2n) is 5.38. The van der Waals surface area contributed by atoms with E-state index in [1.54, 1.807) is 12.1 Å². The van der Waals surface area contributed by atoms with Gasteiger partial charge < -0.3 is 10.1 Å².